The van der Waals surface area contributed by atoms with Gasteiger partial charge in [-0.2, -0.15) is 0 Å². The minimum absolute atomic E-state index is 0.00652. The van der Waals surface area contributed by atoms with Gasteiger partial charge in [0.25, 0.3) is 21.8 Å². The van der Waals surface area contributed by atoms with E-state index in [0.717, 1.165) is 4.90 Å². The minimum atomic E-state index is -3.87. The lowest BCUT2D eigenvalue weighted by atomic mass is 10.0. The van der Waals surface area contributed by atoms with E-state index in [4.69, 9.17) is 0 Å². The van der Waals surface area contributed by atoms with Crippen molar-refractivity contribution in [3.05, 3.63) is 59.7 Å². The van der Waals surface area contributed by atoms with Crippen LogP contribution >= 0.6 is 0 Å². The molecule has 1 saturated heterocycles. The van der Waals surface area contributed by atoms with E-state index in [9.17, 15) is 27.6 Å². The predicted octanol–water partition coefficient (Wildman–Crippen LogP) is 0.889. The monoisotopic (exact) mass is 413 g/mol. The number of nitrogens with one attached hydrogen (secondary N) is 2. The van der Waals surface area contributed by atoms with E-state index in [1.165, 1.54) is 30.3 Å². The van der Waals surface area contributed by atoms with Crippen molar-refractivity contribution < 1.29 is 27.6 Å². The number of carbonyl (C=O) groups excluding carboxylic acids is 4. The third-order valence-corrected chi connectivity index (χ3v) is 6.14. The van der Waals surface area contributed by atoms with Crippen LogP contribution in [-0.2, 0) is 19.6 Å². The number of imide groups is 2. The number of anilines is 1. The Bertz CT molecular complexity index is 1160. The molecule has 2 heterocycles. The molecule has 0 bridgehead atoms. The number of amides is 4. The quantitative estimate of drug-likeness (QED) is 0.716. The Hall–Kier alpha value is -3.53. The van der Waals surface area contributed by atoms with Gasteiger partial charge >= 0.3 is 0 Å². The first-order valence-electron chi connectivity index (χ1n) is 8.71. The van der Waals surface area contributed by atoms with Gasteiger partial charge in [-0.25, -0.2) is 8.42 Å². The highest BCUT2D eigenvalue weighted by Gasteiger charge is 2.44. The van der Waals surface area contributed by atoms with Gasteiger partial charge in [-0.1, -0.05) is 18.2 Å². The Balaban J connectivity index is 1.62. The number of carbonyl (C=O) groups is 4. The number of hydrogen-bond donors (Lipinski definition) is 2. The zero-order valence-electron chi connectivity index (χ0n) is 14.9. The molecule has 0 radical (unpaired) electrons. The topological polar surface area (TPSA) is 130 Å². The fourth-order valence-corrected chi connectivity index (χ4v) is 4.42. The molecule has 10 heteroatoms. The molecule has 0 aliphatic carbocycles. The van der Waals surface area contributed by atoms with Crippen molar-refractivity contribution in [1.29, 1.82) is 0 Å². The highest BCUT2D eigenvalue weighted by Crippen LogP contribution is 2.30. The van der Waals surface area contributed by atoms with Crippen molar-refractivity contribution in [3.63, 3.8) is 0 Å². The van der Waals surface area contributed by atoms with Crippen LogP contribution in [-0.4, -0.2) is 43.0 Å². The summed E-state index contributed by atoms with van der Waals surface area (Å²) in [5.41, 5.74) is 0.175. The fraction of sp³-hybridized carbons (Fsp3) is 0.158. The predicted molar refractivity (Wildman–Crippen MR) is 100 cm³/mol. The second-order valence-corrected chi connectivity index (χ2v) is 8.31. The highest BCUT2D eigenvalue weighted by molar-refractivity contribution is 7.92. The third kappa shape index (κ3) is 3.27. The van der Waals surface area contributed by atoms with E-state index in [1.54, 1.807) is 18.2 Å². The molecule has 9 nitrogen and oxygen atoms in total. The van der Waals surface area contributed by atoms with E-state index in [2.05, 4.69) is 10.0 Å². The van der Waals surface area contributed by atoms with Crippen LogP contribution in [0.1, 0.15) is 33.6 Å². The van der Waals surface area contributed by atoms with Crippen molar-refractivity contribution >= 4 is 39.3 Å². The summed E-state index contributed by atoms with van der Waals surface area (Å²) in [6.07, 6.45) is 0.0650. The smallest absolute Gasteiger partial charge is 0.262 e. The second kappa shape index (κ2) is 6.82. The first-order chi connectivity index (χ1) is 13.8. The van der Waals surface area contributed by atoms with Crippen molar-refractivity contribution in [2.75, 3.05) is 4.72 Å². The van der Waals surface area contributed by atoms with Gasteiger partial charge in [0.15, 0.2) is 0 Å². The SMILES string of the molecule is O=C1CCC(N2C(=O)c3ccc(NS(=O)(=O)c4ccccc4)cc3C2=O)C(=O)N1. The number of rotatable bonds is 4. The lowest BCUT2D eigenvalue weighted by Gasteiger charge is -2.27. The molecule has 2 aliphatic heterocycles. The fourth-order valence-electron chi connectivity index (χ4n) is 3.35. The Labute approximate surface area is 165 Å². The summed E-state index contributed by atoms with van der Waals surface area (Å²) in [4.78, 5) is 49.7. The number of benzene rings is 2. The Morgan fingerprint density at radius 2 is 1.62 bits per heavy atom. The van der Waals surface area contributed by atoms with Crippen molar-refractivity contribution in [1.82, 2.24) is 10.2 Å². The molecule has 29 heavy (non-hydrogen) atoms. The van der Waals surface area contributed by atoms with Gasteiger partial charge in [-0.05, 0) is 36.8 Å². The Morgan fingerprint density at radius 3 is 2.31 bits per heavy atom. The first-order valence-corrected chi connectivity index (χ1v) is 10.2. The molecule has 1 atom stereocenters. The van der Waals surface area contributed by atoms with Crippen molar-refractivity contribution in [3.8, 4) is 0 Å². The number of hydrogen-bond acceptors (Lipinski definition) is 6. The molecule has 1 unspecified atom stereocenters. The molecule has 148 valence electrons. The summed E-state index contributed by atoms with van der Waals surface area (Å²) in [5, 5.41) is 2.12. The molecule has 0 saturated carbocycles. The van der Waals surface area contributed by atoms with E-state index in [-0.39, 0.29) is 34.6 Å². The van der Waals surface area contributed by atoms with E-state index in [0.29, 0.717) is 0 Å². The maximum atomic E-state index is 12.8. The van der Waals surface area contributed by atoms with Crippen molar-refractivity contribution in [2.45, 2.75) is 23.8 Å². The van der Waals surface area contributed by atoms with Gasteiger partial charge in [0, 0.05) is 12.1 Å². The van der Waals surface area contributed by atoms with Gasteiger partial charge < -0.3 is 0 Å². The highest BCUT2D eigenvalue weighted by atomic mass is 32.2. The second-order valence-electron chi connectivity index (χ2n) is 6.63. The van der Waals surface area contributed by atoms with Gasteiger partial charge in [0.05, 0.1) is 16.0 Å². The standard InChI is InChI=1S/C19H15N3O6S/c23-16-9-8-15(17(24)20-16)22-18(25)13-7-6-11(10-14(13)19(22)26)21-29(27,28)12-4-2-1-3-5-12/h1-7,10,15,21H,8-9H2,(H,20,23,24). The zero-order valence-corrected chi connectivity index (χ0v) is 15.7. The van der Waals surface area contributed by atoms with Crippen LogP contribution < -0.4 is 10.0 Å². The lowest BCUT2D eigenvalue weighted by Crippen LogP contribution is -2.54. The zero-order chi connectivity index (χ0) is 20.8. The molecule has 0 spiro atoms. The molecule has 2 aromatic rings. The van der Waals surface area contributed by atoms with E-state index in [1.807, 2.05) is 0 Å². The van der Waals surface area contributed by atoms with Gasteiger partial charge in [-0.3, -0.25) is 34.1 Å². The average Bonchev–Trinajstić information content (AvgIpc) is 2.93. The van der Waals surface area contributed by atoms with Crippen LogP contribution in [0.25, 0.3) is 0 Å². The summed E-state index contributed by atoms with van der Waals surface area (Å²) in [6.45, 7) is 0. The number of sulfonamides is 1. The van der Waals surface area contributed by atoms with Crippen LogP contribution in [0.5, 0.6) is 0 Å². The lowest BCUT2D eigenvalue weighted by molar-refractivity contribution is -0.136. The molecule has 4 amide bonds. The van der Waals surface area contributed by atoms with Gasteiger partial charge in [0.1, 0.15) is 6.04 Å². The third-order valence-electron chi connectivity index (χ3n) is 4.75. The number of fused-ring (bicyclic) bond motifs is 1. The summed E-state index contributed by atoms with van der Waals surface area (Å²) in [7, 11) is -3.87. The normalized spacial score (nSPS) is 19.2. The van der Waals surface area contributed by atoms with Crippen LogP contribution in [0.4, 0.5) is 5.69 Å². The summed E-state index contributed by atoms with van der Waals surface area (Å²) < 4.78 is 27.3. The molecule has 0 aromatic heterocycles. The van der Waals surface area contributed by atoms with Gasteiger partial charge in [-0.15, -0.1) is 0 Å². The van der Waals surface area contributed by atoms with Gasteiger partial charge in [0.2, 0.25) is 11.8 Å². The maximum absolute atomic E-state index is 12.8. The molecule has 1 fully saturated rings. The summed E-state index contributed by atoms with van der Waals surface area (Å²) in [5.74, 6) is -2.53. The van der Waals surface area contributed by atoms with E-state index >= 15 is 0 Å². The molecule has 2 aromatic carbocycles. The van der Waals surface area contributed by atoms with Crippen LogP contribution in [0.2, 0.25) is 0 Å². The van der Waals surface area contributed by atoms with Crippen LogP contribution in [0.3, 0.4) is 0 Å². The largest absolute Gasteiger partial charge is 0.295 e. The Kier molecular flexibility index (Phi) is 4.42. The Morgan fingerprint density at radius 1 is 0.931 bits per heavy atom. The maximum Gasteiger partial charge on any atom is 0.262 e. The first kappa shape index (κ1) is 18.8. The minimum Gasteiger partial charge on any atom is -0.295 e. The molecular formula is C19H15N3O6S. The average molecular weight is 413 g/mol. The number of piperidine rings is 1. The summed E-state index contributed by atoms with van der Waals surface area (Å²) in [6, 6.07) is 10.6. The van der Waals surface area contributed by atoms with E-state index < -0.39 is 39.7 Å². The molecule has 4 rings (SSSR count). The number of nitrogens with zero attached hydrogens (tertiary/aromatic N) is 1. The van der Waals surface area contributed by atoms with Crippen LogP contribution in [0, 0.1) is 0 Å². The molecule has 2 aliphatic rings. The molecule has 2 N–H and O–H groups in total. The van der Waals surface area contributed by atoms with Crippen molar-refractivity contribution in [2.24, 2.45) is 0 Å². The molecular weight excluding hydrogens is 398 g/mol. The summed E-state index contributed by atoms with van der Waals surface area (Å²) >= 11 is 0. The van der Waals surface area contributed by atoms with Crippen LogP contribution in [0.15, 0.2) is 53.4 Å².